The molecule has 2 rings (SSSR count). The van der Waals surface area contributed by atoms with E-state index in [-0.39, 0.29) is 18.9 Å². The molecule has 0 saturated heterocycles. The average Bonchev–Trinajstić information content (AvgIpc) is 2.54. The number of fused-ring (bicyclic) bond motifs is 1. The van der Waals surface area contributed by atoms with Gasteiger partial charge in [-0.15, -0.1) is 0 Å². The van der Waals surface area contributed by atoms with Crippen LogP contribution in [0.4, 0.5) is 0 Å². The Hall–Kier alpha value is -2.41. The predicted octanol–water partition coefficient (Wildman–Crippen LogP) is 0.196. The molecule has 0 atom stereocenters. The molecule has 0 bridgehead atoms. The summed E-state index contributed by atoms with van der Waals surface area (Å²) in [5.41, 5.74) is -0.363. The summed E-state index contributed by atoms with van der Waals surface area (Å²) in [5, 5.41) is 6.44. The van der Waals surface area contributed by atoms with Crippen LogP contribution in [0.5, 0.6) is 0 Å². The third-order valence-corrected chi connectivity index (χ3v) is 3.52. The molecule has 7 heteroatoms. The fourth-order valence-corrected chi connectivity index (χ4v) is 2.36. The molecule has 1 aromatic carbocycles. The number of H-pyrrole nitrogens is 1. The summed E-state index contributed by atoms with van der Waals surface area (Å²) in [7, 11) is 0. The van der Waals surface area contributed by atoms with E-state index in [9.17, 15) is 14.4 Å². The van der Waals surface area contributed by atoms with Crippen molar-refractivity contribution in [1.29, 1.82) is 0 Å². The fourth-order valence-electron chi connectivity index (χ4n) is 2.36. The Balaban J connectivity index is 1.98. The Morgan fingerprint density at radius 3 is 2.74 bits per heavy atom. The highest BCUT2D eigenvalue weighted by atomic mass is 16.2. The molecule has 0 spiro atoms. The average molecular weight is 318 g/mol. The maximum absolute atomic E-state index is 12.0. The zero-order valence-corrected chi connectivity index (χ0v) is 13.2. The number of benzene rings is 1. The van der Waals surface area contributed by atoms with Crippen LogP contribution in [-0.2, 0) is 11.3 Å². The summed E-state index contributed by atoms with van der Waals surface area (Å²) in [6.45, 7) is 4.51. The van der Waals surface area contributed by atoms with Crippen LogP contribution in [-0.4, -0.2) is 35.1 Å². The molecule has 0 unspecified atom stereocenters. The van der Waals surface area contributed by atoms with Gasteiger partial charge in [-0.05, 0) is 25.1 Å². The number of amides is 1. The summed E-state index contributed by atoms with van der Waals surface area (Å²) >= 11 is 0. The van der Waals surface area contributed by atoms with E-state index >= 15 is 0 Å². The van der Waals surface area contributed by atoms with Gasteiger partial charge in [-0.25, -0.2) is 4.79 Å². The Kier molecular flexibility index (Phi) is 6.10. The minimum Gasteiger partial charge on any atom is -0.355 e. The number of hydrogen-bond donors (Lipinski definition) is 3. The van der Waals surface area contributed by atoms with E-state index in [1.54, 1.807) is 24.3 Å². The number of rotatable bonds is 8. The van der Waals surface area contributed by atoms with E-state index < -0.39 is 11.2 Å². The van der Waals surface area contributed by atoms with Gasteiger partial charge in [0.05, 0.1) is 10.9 Å². The van der Waals surface area contributed by atoms with Crippen molar-refractivity contribution in [3.63, 3.8) is 0 Å². The highest BCUT2D eigenvalue weighted by molar-refractivity contribution is 5.78. The lowest BCUT2D eigenvalue weighted by atomic mass is 10.2. The van der Waals surface area contributed by atoms with Crippen molar-refractivity contribution in [2.45, 2.75) is 26.3 Å². The number of aryl methyl sites for hydroxylation is 1. The van der Waals surface area contributed by atoms with Crippen LogP contribution < -0.4 is 21.9 Å². The largest absolute Gasteiger partial charge is 0.355 e. The molecule has 124 valence electrons. The van der Waals surface area contributed by atoms with Gasteiger partial charge in [0.25, 0.3) is 5.56 Å². The minimum absolute atomic E-state index is 0.120. The molecule has 2 aromatic rings. The van der Waals surface area contributed by atoms with E-state index in [0.717, 1.165) is 19.5 Å². The van der Waals surface area contributed by atoms with Gasteiger partial charge in [-0.3, -0.25) is 19.1 Å². The van der Waals surface area contributed by atoms with E-state index in [1.807, 2.05) is 0 Å². The third kappa shape index (κ3) is 4.53. The van der Waals surface area contributed by atoms with Crippen LogP contribution in [0.25, 0.3) is 10.9 Å². The van der Waals surface area contributed by atoms with Crippen LogP contribution in [0.1, 0.15) is 19.8 Å². The second kappa shape index (κ2) is 8.28. The van der Waals surface area contributed by atoms with Gasteiger partial charge in [0.1, 0.15) is 0 Å². The Bertz CT molecular complexity index is 779. The number of para-hydroxylation sites is 1. The Labute approximate surface area is 133 Å². The molecule has 0 aliphatic rings. The number of aromatic nitrogens is 2. The minimum atomic E-state index is -0.494. The molecule has 7 nitrogen and oxygen atoms in total. The van der Waals surface area contributed by atoms with Gasteiger partial charge in [-0.2, -0.15) is 0 Å². The van der Waals surface area contributed by atoms with Gasteiger partial charge < -0.3 is 10.6 Å². The van der Waals surface area contributed by atoms with Crippen LogP contribution in [0.15, 0.2) is 33.9 Å². The van der Waals surface area contributed by atoms with Crippen LogP contribution in [0.3, 0.4) is 0 Å². The van der Waals surface area contributed by atoms with E-state index in [4.69, 9.17) is 0 Å². The molecule has 23 heavy (non-hydrogen) atoms. The van der Waals surface area contributed by atoms with Crippen LogP contribution in [0, 0.1) is 0 Å². The van der Waals surface area contributed by atoms with E-state index in [2.05, 4.69) is 22.5 Å². The Morgan fingerprint density at radius 1 is 1.17 bits per heavy atom. The first kappa shape index (κ1) is 17.0. The molecular weight excluding hydrogens is 296 g/mol. The molecular formula is C16H22N4O3. The fraction of sp³-hybridized carbons (Fsp3) is 0.438. The number of nitrogens with one attached hydrogen (secondary N) is 3. The second-order valence-corrected chi connectivity index (χ2v) is 5.28. The molecule has 1 amide bonds. The number of carbonyl (C=O) groups excluding carboxylic acids is 1. The molecule has 1 heterocycles. The quantitative estimate of drug-likeness (QED) is 0.606. The molecule has 0 fully saturated rings. The van der Waals surface area contributed by atoms with E-state index in [0.29, 0.717) is 17.4 Å². The molecule has 0 aliphatic carbocycles. The smallest absolute Gasteiger partial charge is 0.328 e. The van der Waals surface area contributed by atoms with Crippen molar-refractivity contribution in [2.24, 2.45) is 0 Å². The third-order valence-electron chi connectivity index (χ3n) is 3.52. The standard InChI is InChI=1S/C16H22N4O3/c1-2-8-17-9-10-18-14(21)7-11-20-13-6-4-3-5-12(13)15(22)19-16(20)23/h3-6,17H,2,7-11H2,1H3,(H,18,21)(H,19,22,23). The van der Waals surface area contributed by atoms with Gasteiger partial charge in [0, 0.05) is 26.1 Å². The molecule has 3 N–H and O–H groups in total. The summed E-state index contributed by atoms with van der Waals surface area (Å²) in [6.07, 6.45) is 1.24. The maximum Gasteiger partial charge on any atom is 0.328 e. The Morgan fingerprint density at radius 2 is 1.96 bits per heavy atom. The van der Waals surface area contributed by atoms with Gasteiger partial charge >= 0.3 is 5.69 Å². The normalized spacial score (nSPS) is 10.8. The van der Waals surface area contributed by atoms with Crippen molar-refractivity contribution < 1.29 is 4.79 Å². The summed E-state index contributed by atoms with van der Waals surface area (Å²) in [4.78, 5) is 37.8. The number of nitrogens with zero attached hydrogens (tertiary/aromatic N) is 1. The van der Waals surface area contributed by atoms with Crippen LogP contribution >= 0.6 is 0 Å². The first-order valence-electron chi connectivity index (χ1n) is 7.82. The zero-order valence-electron chi connectivity index (χ0n) is 13.2. The van der Waals surface area contributed by atoms with Crippen molar-refractivity contribution in [3.05, 3.63) is 45.1 Å². The molecule has 0 saturated carbocycles. The number of aromatic amines is 1. The second-order valence-electron chi connectivity index (χ2n) is 5.28. The topological polar surface area (TPSA) is 96.0 Å². The lowest BCUT2D eigenvalue weighted by Crippen LogP contribution is -2.34. The van der Waals surface area contributed by atoms with Crippen molar-refractivity contribution >= 4 is 16.8 Å². The van der Waals surface area contributed by atoms with E-state index in [1.165, 1.54) is 4.57 Å². The molecule has 1 aromatic heterocycles. The molecule has 0 radical (unpaired) electrons. The van der Waals surface area contributed by atoms with Crippen molar-refractivity contribution in [3.8, 4) is 0 Å². The maximum atomic E-state index is 12.0. The lowest BCUT2D eigenvalue weighted by molar-refractivity contribution is -0.121. The number of carbonyl (C=O) groups is 1. The van der Waals surface area contributed by atoms with Crippen molar-refractivity contribution in [1.82, 2.24) is 20.2 Å². The monoisotopic (exact) mass is 318 g/mol. The van der Waals surface area contributed by atoms with Crippen LogP contribution in [0.2, 0.25) is 0 Å². The highest BCUT2D eigenvalue weighted by Crippen LogP contribution is 2.06. The highest BCUT2D eigenvalue weighted by Gasteiger charge is 2.08. The van der Waals surface area contributed by atoms with Crippen molar-refractivity contribution in [2.75, 3.05) is 19.6 Å². The first-order valence-corrected chi connectivity index (χ1v) is 7.82. The summed E-state index contributed by atoms with van der Waals surface area (Å²) in [5.74, 6) is -0.120. The summed E-state index contributed by atoms with van der Waals surface area (Å²) < 4.78 is 1.42. The van der Waals surface area contributed by atoms with Gasteiger partial charge in [-0.1, -0.05) is 19.1 Å². The predicted molar refractivity (Wildman–Crippen MR) is 89.6 cm³/mol. The SMILES string of the molecule is CCCNCCNC(=O)CCn1c(=O)[nH]c(=O)c2ccccc21. The molecule has 0 aliphatic heterocycles. The number of hydrogen-bond acceptors (Lipinski definition) is 4. The first-order chi connectivity index (χ1) is 11.1. The van der Waals surface area contributed by atoms with Gasteiger partial charge in [0.2, 0.25) is 5.91 Å². The summed E-state index contributed by atoms with van der Waals surface area (Å²) in [6, 6.07) is 6.86. The lowest BCUT2D eigenvalue weighted by Gasteiger charge is -2.10. The van der Waals surface area contributed by atoms with Gasteiger partial charge in [0.15, 0.2) is 0 Å². The zero-order chi connectivity index (χ0) is 16.7.